The van der Waals surface area contributed by atoms with Crippen LogP contribution < -0.4 is 15.5 Å². The molecule has 1 aromatic heterocycles. The minimum Gasteiger partial charge on any atom is -0.378 e. The first-order valence-electron chi connectivity index (χ1n) is 10.8. The first-order chi connectivity index (χ1) is 15.3. The van der Waals surface area contributed by atoms with E-state index in [1.807, 2.05) is 49.7 Å². The van der Waals surface area contributed by atoms with Gasteiger partial charge in [0.2, 0.25) is 0 Å². The molecule has 0 aliphatic heterocycles. The number of hydrogen-bond donors (Lipinski definition) is 2. The molecule has 0 bridgehead atoms. The van der Waals surface area contributed by atoms with Crippen molar-refractivity contribution in [3.63, 3.8) is 0 Å². The molecule has 2 N–H and O–H groups in total. The fourth-order valence-corrected chi connectivity index (χ4v) is 3.44. The zero-order valence-electron chi connectivity index (χ0n) is 19.4. The molecule has 2 amide bonds. The summed E-state index contributed by atoms with van der Waals surface area (Å²) in [4.78, 5) is 27.5. The summed E-state index contributed by atoms with van der Waals surface area (Å²) >= 11 is 0. The quantitative estimate of drug-likeness (QED) is 0.531. The highest BCUT2D eigenvalue weighted by Gasteiger charge is 2.16. The van der Waals surface area contributed by atoms with Gasteiger partial charge in [-0.2, -0.15) is 5.10 Å². The van der Waals surface area contributed by atoms with Crippen molar-refractivity contribution in [1.82, 2.24) is 9.78 Å². The number of benzene rings is 2. The Hall–Kier alpha value is -3.61. The summed E-state index contributed by atoms with van der Waals surface area (Å²) in [6.45, 7) is 6.82. The molecule has 0 aliphatic rings. The maximum Gasteiger partial charge on any atom is 0.255 e. The monoisotopic (exact) mass is 433 g/mol. The number of carbonyl (C=O) groups excluding carboxylic acids is 2. The van der Waals surface area contributed by atoms with E-state index in [1.54, 1.807) is 36.4 Å². The van der Waals surface area contributed by atoms with Gasteiger partial charge in [0, 0.05) is 43.1 Å². The van der Waals surface area contributed by atoms with Crippen LogP contribution in [-0.2, 0) is 6.54 Å². The highest BCUT2D eigenvalue weighted by Crippen LogP contribution is 2.22. The van der Waals surface area contributed by atoms with Gasteiger partial charge in [-0.05, 0) is 62.7 Å². The summed E-state index contributed by atoms with van der Waals surface area (Å²) in [6, 6.07) is 14.3. The Kier molecular flexibility index (Phi) is 7.30. The molecule has 0 aliphatic carbocycles. The van der Waals surface area contributed by atoms with Crippen molar-refractivity contribution in [3.8, 4) is 0 Å². The minimum atomic E-state index is -0.238. The van der Waals surface area contributed by atoms with Crippen molar-refractivity contribution in [3.05, 3.63) is 71.0 Å². The van der Waals surface area contributed by atoms with Gasteiger partial charge in [0.15, 0.2) is 0 Å². The second kappa shape index (κ2) is 10.1. The zero-order valence-corrected chi connectivity index (χ0v) is 19.4. The first kappa shape index (κ1) is 23.1. The summed E-state index contributed by atoms with van der Waals surface area (Å²) in [6.07, 6.45) is 2.12. The molecule has 0 saturated heterocycles. The SMILES string of the molecule is CCCCn1nc(C)c(NC(=O)c2cccc(NC(=O)c3ccc(N(C)C)cc3)c2)c1C. The minimum absolute atomic E-state index is 0.225. The molecule has 3 rings (SSSR count). The molecule has 7 heteroatoms. The Morgan fingerprint density at radius 1 is 0.969 bits per heavy atom. The molecule has 2 aromatic carbocycles. The molecular formula is C25H31N5O2. The maximum atomic E-state index is 12.9. The smallest absolute Gasteiger partial charge is 0.255 e. The molecule has 7 nitrogen and oxygen atoms in total. The molecule has 3 aromatic rings. The summed E-state index contributed by atoms with van der Waals surface area (Å²) in [5.74, 6) is -0.463. The van der Waals surface area contributed by atoms with Crippen LogP contribution in [0.25, 0.3) is 0 Å². The normalized spacial score (nSPS) is 10.7. The van der Waals surface area contributed by atoms with Gasteiger partial charge in [0.25, 0.3) is 11.8 Å². The Bertz CT molecular complexity index is 1100. The van der Waals surface area contributed by atoms with Crippen molar-refractivity contribution < 1.29 is 9.59 Å². The average molecular weight is 434 g/mol. The molecule has 0 saturated carbocycles. The fraction of sp³-hybridized carbons (Fsp3) is 0.320. The lowest BCUT2D eigenvalue weighted by Crippen LogP contribution is -2.15. The third kappa shape index (κ3) is 5.35. The second-order valence-corrected chi connectivity index (χ2v) is 8.05. The van der Waals surface area contributed by atoms with E-state index in [-0.39, 0.29) is 11.8 Å². The van der Waals surface area contributed by atoms with Crippen LogP contribution in [0, 0.1) is 13.8 Å². The lowest BCUT2D eigenvalue weighted by Gasteiger charge is -2.13. The van der Waals surface area contributed by atoms with Crippen LogP contribution in [0.3, 0.4) is 0 Å². The predicted octanol–water partition coefficient (Wildman–Crippen LogP) is 4.87. The lowest BCUT2D eigenvalue weighted by atomic mass is 10.1. The molecule has 0 fully saturated rings. The number of carbonyl (C=O) groups is 2. The van der Waals surface area contributed by atoms with E-state index in [4.69, 9.17) is 0 Å². The summed E-state index contributed by atoms with van der Waals surface area (Å²) in [5, 5.41) is 10.4. The number of anilines is 3. The molecular weight excluding hydrogens is 402 g/mol. The molecule has 1 heterocycles. The van der Waals surface area contributed by atoms with E-state index in [1.165, 1.54) is 0 Å². The van der Waals surface area contributed by atoms with Crippen molar-refractivity contribution in [2.75, 3.05) is 29.6 Å². The number of rotatable bonds is 8. The van der Waals surface area contributed by atoms with Crippen LogP contribution in [-0.4, -0.2) is 35.7 Å². The third-order valence-corrected chi connectivity index (χ3v) is 5.37. The summed E-state index contributed by atoms with van der Waals surface area (Å²) in [7, 11) is 3.90. The molecule has 0 spiro atoms. The Labute approximate surface area is 189 Å². The van der Waals surface area contributed by atoms with Gasteiger partial charge in [-0.25, -0.2) is 0 Å². The highest BCUT2D eigenvalue weighted by atomic mass is 16.2. The van der Waals surface area contributed by atoms with Gasteiger partial charge in [-0.1, -0.05) is 19.4 Å². The molecule has 0 unspecified atom stereocenters. The van der Waals surface area contributed by atoms with Gasteiger partial charge in [-0.3, -0.25) is 14.3 Å². The van der Waals surface area contributed by atoms with Crippen molar-refractivity contribution in [2.24, 2.45) is 0 Å². The average Bonchev–Trinajstić information content (AvgIpc) is 3.05. The fourth-order valence-electron chi connectivity index (χ4n) is 3.44. The number of nitrogens with zero attached hydrogens (tertiary/aromatic N) is 3. The standard InChI is InChI=1S/C25H31N5O2/c1-6-7-15-30-18(3)23(17(2)28-30)27-25(32)20-9-8-10-21(16-20)26-24(31)19-11-13-22(14-12-19)29(4)5/h8-14,16H,6-7,15H2,1-5H3,(H,26,31)(H,27,32). The van der Waals surface area contributed by atoms with Crippen molar-refractivity contribution >= 4 is 28.9 Å². The van der Waals surface area contributed by atoms with Crippen molar-refractivity contribution in [1.29, 1.82) is 0 Å². The third-order valence-electron chi connectivity index (χ3n) is 5.37. The van der Waals surface area contributed by atoms with Crippen molar-refractivity contribution in [2.45, 2.75) is 40.2 Å². The van der Waals surface area contributed by atoms with Crippen LogP contribution >= 0.6 is 0 Å². The second-order valence-electron chi connectivity index (χ2n) is 8.05. The van der Waals surface area contributed by atoms with E-state index in [0.29, 0.717) is 16.8 Å². The van der Waals surface area contributed by atoms with E-state index in [2.05, 4.69) is 22.7 Å². The number of unbranched alkanes of at least 4 members (excludes halogenated alkanes) is 1. The number of aromatic nitrogens is 2. The Morgan fingerprint density at radius 2 is 1.66 bits per heavy atom. The largest absolute Gasteiger partial charge is 0.378 e. The van der Waals surface area contributed by atoms with Gasteiger partial charge in [-0.15, -0.1) is 0 Å². The topological polar surface area (TPSA) is 79.3 Å². The first-order valence-corrected chi connectivity index (χ1v) is 10.8. The Balaban J connectivity index is 1.71. The molecule has 0 radical (unpaired) electrons. The van der Waals surface area contributed by atoms with Gasteiger partial charge in [0.05, 0.1) is 17.1 Å². The van der Waals surface area contributed by atoms with Gasteiger partial charge >= 0.3 is 0 Å². The number of hydrogen-bond acceptors (Lipinski definition) is 4. The number of aryl methyl sites for hydroxylation is 2. The zero-order chi connectivity index (χ0) is 23.3. The predicted molar refractivity (Wildman–Crippen MR) is 130 cm³/mol. The summed E-state index contributed by atoms with van der Waals surface area (Å²) < 4.78 is 1.94. The van der Waals surface area contributed by atoms with E-state index >= 15 is 0 Å². The molecule has 168 valence electrons. The number of amides is 2. The molecule has 0 atom stereocenters. The maximum absolute atomic E-state index is 12.9. The Morgan fingerprint density at radius 3 is 2.31 bits per heavy atom. The van der Waals surface area contributed by atoms with E-state index in [0.717, 1.165) is 42.1 Å². The van der Waals surface area contributed by atoms with Crippen LogP contribution in [0.2, 0.25) is 0 Å². The van der Waals surface area contributed by atoms with Gasteiger partial charge < -0.3 is 15.5 Å². The molecule has 32 heavy (non-hydrogen) atoms. The number of nitrogens with one attached hydrogen (secondary N) is 2. The van der Waals surface area contributed by atoms with Crippen LogP contribution in [0.15, 0.2) is 48.5 Å². The van der Waals surface area contributed by atoms with Crippen LogP contribution in [0.1, 0.15) is 51.9 Å². The lowest BCUT2D eigenvalue weighted by molar-refractivity contribution is 0.101. The highest BCUT2D eigenvalue weighted by molar-refractivity contribution is 6.07. The summed E-state index contributed by atoms with van der Waals surface area (Å²) in [5.41, 5.74) is 5.06. The van der Waals surface area contributed by atoms with Crippen LogP contribution in [0.5, 0.6) is 0 Å². The van der Waals surface area contributed by atoms with Gasteiger partial charge in [0.1, 0.15) is 0 Å². The van der Waals surface area contributed by atoms with E-state index < -0.39 is 0 Å². The van der Waals surface area contributed by atoms with E-state index in [9.17, 15) is 9.59 Å². The van der Waals surface area contributed by atoms with Crippen LogP contribution in [0.4, 0.5) is 17.1 Å².